The first-order chi connectivity index (χ1) is 19.0. The zero-order valence-electron chi connectivity index (χ0n) is 20.8. The SMILES string of the molecule is N#Cc1ccc(C(=O)NCc2cc3cc(C4=CCNCC4)cc(Cn4cnc5c(N)ncnc54)c3[nH]2)c(Cl)c1. The fourth-order valence-corrected chi connectivity index (χ4v) is 5.17. The monoisotopic (exact) mass is 537 g/mol. The van der Waals surface area contributed by atoms with Crippen LogP contribution in [0.15, 0.2) is 55.1 Å². The summed E-state index contributed by atoms with van der Waals surface area (Å²) in [7, 11) is 0. The minimum Gasteiger partial charge on any atom is -0.382 e. The molecule has 0 saturated heterocycles. The number of imidazole rings is 1. The summed E-state index contributed by atoms with van der Waals surface area (Å²) in [6.07, 6.45) is 6.34. The number of benzene rings is 2. The molecule has 1 amide bonds. The summed E-state index contributed by atoms with van der Waals surface area (Å²) in [5.41, 5.74) is 13.3. The molecule has 4 heterocycles. The second-order valence-electron chi connectivity index (χ2n) is 9.37. The number of carbonyl (C=O) groups excluding carboxylic acids is 1. The standard InChI is InChI=1S/C28H24ClN9O/c29-23-7-16(11-30)1-2-22(23)28(39)33-12-21-10-19-8-18(17-3-5-32-6-4-17)9-20(24(19)37-21)13-38-15-36-25-26(31)34-14-35-27(25)38/h1-3,7-10,14-15,32,37H,4-6,12-13H2,(H,33,39)(H2,31,34,35). The Morgan fingerprint density at radius 3 is 2.90 bits per heavy atom. The summed E-state index contributed by atoms with van der Waals surface area (Å²) in [6, 6.07) is 13.1. The van der Waals surface area contributed by atoms with Gasteiger partial charge in [0.15, 0.2) is 11.5 Å². The van der Waals surface area contributed by atoms with Gasteiger partial charge in [-0.25, -0.2) is 15.0 Å². The van der Waals surface area contributed by atoms with Crippen molar-refractivity contribution in [1.29, 1.82) is 5.26 Å². The number of hydrogen-bond acceptors (Lipinski definition) is 7. The zero-order chi connectivity index (χ0) is 26.9. The number of hydrogen-bond donors (Lipinski definition) is 4. The van der Waals surface area contributed by atoms with Gasteiger partial charge in [0.1, 0.15) is 11.8 Å². The molecule has 39 heavy (non-hydrogen) atoms. The smallest absolute Gasteiger partial charge is 0.253 e. The highest BCUT2D eigenvalue weighted by Crippen LogP contribution is 2.29. The van der Waals surface area contributed by atoms with Gasteiger partial charge in [-0.2, -0.15) is 5.26 Å². The summed E-state index contributed by atoms with van der Waals surface area (Å²) >= 11 is 6.23. The second kappa shape index (κ2) is 10.2. The number of aromatic amines is 1. The third kappa shape index (κ3) is 4.81. The number of halogens is 1. The van der Waals surface area contributed by atoms with E-state index < -0.39 is 0 Å². The molecule has 11 heteroatoms. The highest BCUT2D eigenvalue weighted by molar-refractivity contribution is 6.34. The summed E-state index contributed by atoms with van der Waals surface area (Å²) in [4.78, 5) is 29.1. The van der Waals surface area contributed by atoms with Gasteiger partial charge in [-0.05, 0) is 66.1 Å². The maximum Gasteiger partial charge on any atom is 0.253 e. The predicted octanol–water partition coefficient (Wildman–Crippen LogP) is 3.77. The first-order valence-corrected chi connectivity index (χ1v) is 12.8. The quantitative estimate of drug-likeness (QED) is 0.257. The lowest BCUT2D eigenvalue weighted by atomic mass is 9.96. The number of rotatable bonds is 6. The van der Waals surface area contributed by atoms with Crippen LogP contribution in [-0.4, -0.2) is 43.5 Å². The number of H-pyrrole nitrogens is 1. The van der Waals surface area contributed by atoms with Gasteiger partial charge in [0, 0.05) is 17.6 Å². The van der Waals surface area contributed by atoms with Crippen LogP contribution in [0.2, 0.25) is 5.02 Å². The number of amides is 1. The second-order valence-corrected chi connectivity index (χ2v) is 9.78. The lowest BCUT2D eigenvalue weighted by Crippen LogP contribution is -2.23. The van der Waals surface area contributed by atoms with Crippen LogP contribution >= 0.6 is 11.6 Å². The van der Waals surface area contributed by atoms with Crippen molar-refractivity contribution in [3.63, 3.8) is 0 Å². The molecule has 0 fully saturated rings. The number of carbonyl (C=O) groups is 1. The van der Waals surface area contributed by atoms with Crippen molar-refractivity contribution in [3.05, 3.63) is 88.1 Å². The van der Waals surface area contributed by atoms with Gasteiger partial charge < -0.3 is 25.9 Å². The number of nitrogens with zero attached hydrogens (tertiary/aromatic N) is 5. The fraction of sp³-hybridized carbons (Fsp3) is 0.179. The van der Waals surface area contributed by atoms with Gasteiger partial charge in [-0.15, -0.1) is 0 Å². The number of aromatic nitrogens is 5. The lowest BCUT2D eigenvalue weighted by Gasteiger charge is -2.16. The number of anilines is 1. The Morgan fingerprint density at radius 1 is 1.21 bits per heavy atom. The molecule has 2 aromatic carbocycles. The van der Waals surface area contributed by atoms with E-state index in [1.807, 2.05) is 10.6 Å². The summed E-state index contributed by atoms with van der Waals surface area (Å²) in [5, 5.41) is 16.6. The predicted molar refractivity (Wildman–Crippen MR) is 150 cm³/mol. The molecule has 10 nitrogen and oxygen atoms in total. The van der Waals surface area contributed by atoms with E-state index in [0.29, 0.717) is 34.7 Å². The molecule has 3 aromatic heterocycles. The van der Waals surface area contributed by atoms with E-state index in [1.165, 1.54) is 18.0 Å². The number of nitriles is 1. The van der Waals surface area contributed by atoms with E-state index in [9.17, 15) is 4.79 Å². The van der Waals surface area contributed by atoms with Gasteiger partial charge in [0.25, 0.3) is 5.91 Å². The Kier molecular flexibility index (Phi) is 6.44. The summed E-state index contributed by atoms with van der Waals surface area (Å²) in [6.45, 7) is 2.58. The van der Waals surface area contributed by atoms with E-state index >= 15 is 0 Å². The molecule has 5 aromatic rings. The van der Waals surface area contributed by atoms with Crippen LogP contribution < -0.4 is 16.4 Å². The van der Waals surface area contributed by atoms with Gasteiger partial charge in [0.2, 0.25) is 0 Å². The van der Waals surface area contributed by atoms with Gasteiger partial charge in [0.05, 0.1) is 47.2 Å². The topological polar surface area (TPSA) is 150 Å². The normalized spacial score (nSPS) is 13.4. The zero-order valence-corrected chi connectivity index (χ0v) is 21.6. The van der Waals surface area contributed by atoms with Gasteiger partial charge >= 0.3 is 0 Å². The minimum atomic E-state index is -0.314. The van der Waals surface area contributed by atoms with Crippen LogP contribution in [0.1, 0.15) is 39.2 Å². The maximum absolute atomic E-state index is 12.8. The molecule has 0 atom stereocenters. The summed E-state index contributed by atoms with van der Waals surface area (Å²) < 4.78 is 1.96. The maximum atomic E-state index is 12.8. The molecule has 0 radical (unpaired) electrons. The van der Waals surface area contributed by atoms with E-state index in [-0.39, 0.29) is 17.5 Å². The van der Waals surface area contributed by atoms with Crippen LogP contribution in [0.3, 0.4) is 0 Å². The lowest BCUT2D eigenvalue weighted by molar-refractivity contribution is 0.0950. The Balaban J connectivity index is 1.33. The van der Waals surface area contributed by atoms with E-state index in [4.69, 9.17) is 22.6 Å². The molecule has 194 valence electrons. The van der Waals surface area contributed by atoms with Crippen molar-refractivity contribution in [3.8, 4) is 6.07 Å². The van der Waals surface area contributed by atoms with E-state index in [1.54, 1.807) is 18.5 Å². The average Bonchev–Trinajstić information content (AvgIpc) is 3.57. The Labute approximate surface area is 228 Å². The molecule has 1 aliphatic heterocycles. The first-order valence-electron chi connectivity index (χ1n) is 12.4. The molecule has 5 N–H and O–H groups in total. The minimum absolute atomic E-state index is 0.238. The highest BCUT2D eigenvalue weighted by atomic mass is 35.5. The van der Waals surface area contributed by atoms with Crippen molar-refractivity contribution in [2.24, 2.45) is 0 Å². The molecular weight excluding hydrogens is 514 g/mol. The van der Waals surface area contributed by atoms with Crippen LogP contribution in [0.5, 0.6) is 0 Å². The molecule has 0 saturated carbocycles. The molecule has 0 unspecified atom stereocenters. The molecule has 0 aliphatic carbocycles. The van der Waals surface area contributed by atoms with E-state index in [2.05, 4.69) is 54.8 Å². The molecule has 0 spiro atoms. The fourth-order valence-electron chi connectivity index (χ4n) is 4.90. The van der Waals surface area contributed by atoms with Crippen molar-refractivity contribution in [2.45, 2.75) is 19.5 Å². The van der Waals surface area contributed by atoms with Crippen LogP contribution in [0.4, 0.5) is 5.82 Å². The Morgan fingerprint density at radius 2 is 2.10 bits per heavy atom. The van der Waals surface area contributed by atoms with Gasteiger partial charge in [-0.3, -0.25) is 4.79 Å². The van der Waals surface area contributed by atoms with Gasteiger partial charge in [-0.1, -0.05) is 17.7 Å². The molecule has 0 bridgehead atoms. The first kappa shape index (κ1) is 24.6. The van der Waals surface area contributed by atoms with Crippen molar-refractivity contribution >= 4 is 51.0 Å². The molecule has 1 aliphatic rings. The third-order valence-corrected chi connectivity index (χ3v) is 7.17. The van der Waals surface area contributed by atoms with Crippen molar-refractivity contribution in [2.75, 3.05) is 18.8 Å². The van der Waals surface area contributed by atoms with Crippen molar-refractivity contribution in [1.82, 2.24) is 35.1 Å². The number of fused-ring (bicyclic) bond motifs is 2. The number of nitrogens with two attached hydrogens (primary N) is 1. The average molecular weight is 538 g/mol. The van der Waals surface area contributed by atoms with Crippen LogP contribution in [0, 0.1) is 11.3 Å². The highest BCUT2D eigenvalue weighted by Gasteiger charge is 2.16. The largest absolute Gasteiger partial charge is 0.382 e. The Hall–Kier alpha value is -4.72. The number of nitrogen functional groups attached to an aromatic ring is 1. The van der Waals surface area contributed by atoms with Crippen molar-refractivity contribution < 1.29 is 4.79 Å². The molecular formula is C28H24ClN9O. The molecule has 6 rings (SSSR count). The van der Waals surface area contributed by atoms with Crippen LogP contribution in [-0.2, 0) is 13.1 Å². The van der Waals surface area contributed by atoms with Crippen LogP contribution in [0.25, 0.3) is 27.6 Å². The third-order valence-electron chi connectivity index (χ3n) is 6.85. The summed E-state index contributed by atoms with van der Waals surface area (Å²) in [5.74, 6) is 0.0313. The number of nitrogens with one attached hydrogen (secondary N) is 3. The Bertz CT molecular complexity index is 1810. The van der Waals surface area contributed by atoms with E-state index in [0.717, 1.165) is 47.2 Å².